The average molecular weight is 506 g/mol. The lowest BCUT2D eigenvalue weighted by atomic mass is 10.0. The van der Waals surface area contributed by atoms with E-state index in [1.165, 1.54) is 76.3 Å². The highest BCUT2D eigenvalue weighted by atomic mass is 35.5. The Labute approximate surface area is 207 Å². The molecule has 0 saturated heterocycles. The van der Waals surface area contributed by atoms with Crippen molar-refractivity contribution < 1.29 is 19.1 Å². The minimum atomic E-state index is -0.783. The van der Waals surface area contributed by atoms with Crippen molar-refractivity contribution in [2.45, 2.75) is 90.4 Å². The van der Waals surface area contributed by atoms with Gasteiger partial charge in [-0.15, -0.1) is 0 Å². The van der Waals surface area contributed by atoms with Crippen LogP contribution >= 0.6 is 34.8 Å². The van der Waals surface area contributed by atoms with Gasteiger partial charge in [0.25, 0.3) is 0 Å². The second-order valence-electron chi connectivity index (χ2n) is 7.86. The van der Waals surface area contributed by atoms with E-state index in [1.807, 2.05) is 0 Å². The fourth-order valence-electron chi connectivity index (χ4n) is 3.24. The largest absolute Gasteiger partial charge is 0.463 e. The molecule has 0 aromatic heterocycles. The standard InChI is InChI=1S/C25H35Cl3O4/c1-2-3-4-5-6-7-8-9-10-11-12-13-14-17-31-23(29)15-16-24(30)32-25-21(27)18-20(26)19-22(25)28/h15-16,18-19H,2-14,17H2,1H3/b16-15+. The minimum Gasteiger partial charge on any atom is -0.463 e. The predicted molar refractivity (Wildman–Crippen MR) is 133 cm³/mol. The van der Waals surface area contributed by atoms with Gasteiger partial charge in [0.1, 0.15) is 0 Å². The Balaban J connectivity index is 2.03. The summed E-state index contributed by atoms with van der Waals surface area (Å²) in [6.07, 6.45) is 18.4. The van der Waals surface area contributed by atoms with Crippen LogP contribution in [0.4, 0.5) is 0 Å². The lowest BCUT2D eigenvalue weighted by Gasteiger charge is -2.06. The Morgan fingerprint density at radius 3 is 1.66 bits per heavy atom. The maximum Gasteiger partial charge on any atom is 0.336 e. The summed E-state index contributed by atoms with van der Waals surface area (Å²) in [4.78, 5) is 23.6. The van der Waals surface area contributed by atoms with Gasteiger partial charge in [-0.1, -0.05) is 119 Å². The number of unbranched alkanes of at least 4 members (excludes halogenated alkanes) is 12. The summed E-state index contributed by atoms with van der Waals surface area (Å²) >= 11 is 17.7. The number of ether oxygens (including phenoxy) is 2. The summed E-state index contributed by atoms with van der Waals surface area (Å²) < 4.78 is 10.2. The fraction of sp³-hybridized carbons (Fsp3) is 0.600. The first-order chi connectivity index (χ1) is 15.4. The first-order valence-corrected chi connectivity index (χ1v) is 12.8. The molecule has 0 N–H and O–H groups in total. The average Bonchev–Trinajstić information content (AvgIpc) is 2.75. The van der Waals surface area contributed by atoms with Gasteiger partial charge in [0.15, 0.2) is 5.75 Å². The van der Waals surface area contributed by atoms with E-state index in [0.717, 1.165) is 31.4 Å². The normalized spacial score (nSPS) is 11.1. The zero-order valence-corrected chi connectivity index (χ0v) is 21.2. The molecule has 180 valence electrons. The van der Waals surface area contributed by atoms with Gasteiger partial charge in [0, 0.05) is 17.2 Å². The van der Waals surface area contributed by atoms with Crippen LogP contribution in [0, 0.1) is 0 Å². The number of hydrogen-bond acceptors (Lipinski definition) is 4. The van der Waals surface area contributed by atoms with Crippen LogP contribution in [0.25, 0.3) is 0 Å². The molecule has 4 nitrogen and oxygen atoms in total. The van der Waals surface area contributed by atoms with E-state index in [2.05, 4.69) is 6.92 Å². The zero-order valence-electron chi connectivity index (χ0n) is 19.0. The van der Waals surface area contributed by atoms with E-state index >= 15 is 0 Å². The second kappa shape index (κ2) is 18.2. The van der Waals surface area contributed by atoms with Crippen molar-refractivity contribution >= 4 is 46.7 Å². The van der Waals surface area contributed by atoms with Crippen molar-refractivity contribution in [3.05, 3.63) is 39.4 Å². The monoisotopic (exact) mass is 504 g/mol. The summed E-state index contributed by atoms with van der Waals surface area (Å²) in [7, 11) is 0. The molecule has 0 amide bonds. The molecule has 7 heteroatoms. The number of benzene rings is 1. The summed E-state index contributed by atoms with van der Waals surface area (Å²) in [5.74, 6) is -1.38. The van der Waals surface area contributed by atoms with E-state index in [1.54, 1.807) is 0 Å². The number of carbonyl (C=O) groups is 2. The van der Waals surface area contributed by atoms with Crippen LogP contribution in [0.1, 0.15) is 90.4 Å². The van der Waals surface area contributed by atoms with Crippen LogP contribution in [0.15, 0.2) is 24.3 Å². The van der Waals surface area contributed by atoms with Crippen molar-refractivity contribution in [2.75, 3.05) is 6.61 Å². The van der Waals surface area contributed by atoms with Crippen molar-refractivity contribution in [1.82, 2.24) is 0 Å². The molecule has 0 aliphatic heterocycles. The SMILES string of the molecule is CCCCCCCCCCCCCCCOC(=O)/C=C/C(=O)Oc1c(Cl)cc(Cl)cc1Cl. The molecule has 0 spiro atoms. The highest BCUT2D eigenvalue weighted by molar-refractivity contribution is 6.40. The summed E-state index contributed by atoms with van der Waals surface area (Å²) in [5, 5.41) is 0.538. The first-order valence-electron chi connectivity index (χ1n) is 11.6. The molecule has 32 heavy (non-hydrogen) atoms. The van der Waals surface area contributed by atoms with Gasteiger partial charge in [-0.2, -0.15) is 0 Å². The number of carbonyl (C=O) groups excluding carboxylic acids is 2. The lowest BCUT2D eigenvalue weighted by molar-refractivity contribution is -0.138. The molecule has 0 saturated carbocycles. The third kappa shape index (κ3) is 14.0. The molecule has 0 atom stereocenters. The molecule has 1 rings (SSSR count). The first kappa shape index (κ1) is 28.8. The van der Waals surface area contributed by atoms with E-state index in [-0.39, 0.29) is 15.8 Å². The van der Waals surface area contributed by atoms with E-state index in [4.69, 9.17) is 44.3 Å². The molecule has 0 aliphatic rings. The number of halogens is 3. The van der Waals surface area contributed by atoms with Gasteiger partial charge in [-0.3, -0.25) is 0 Å². The molecule has 1 aromatic carbocycles. The van der Waals surface area contributed by atoms with Crippen molar-refractivity contribution in [3.8, 4) is 5.75 Å². The third-order valence-corrected chi connectivity index (χ3v) is 5.79. The van der Waals surface area contributed by atoms with Gasteiger partial charge in [0.2, 0.25) is 0 Å². The van der Waals surface area contributed by atoms with Gasteiger partial charge in [-0.05, 0) is 18.6 Å². The Morgan fingerprint density at radius 2 is 1.16 bits per heavy atom. The third-order valence-electron chi connectivity index (χ3n) is 5.01. The summed E-state index contributed by atoms with van der Waals surface area (Å²) in [6, 6.07) is 2.82. The van der Waals surface area contributed by atoms with E-state index < -0.39 is 11.9 Å². The quantitative estimate of drug-likeness (QED) is 0.0918. The molecule has 0 fully saturated rings. The van der Waals surface area contributed by atoms with Crippen molar-refractivity contribution in [1.29, 1.82) is 0 Å². The maximum absolute atomic E-state index is 11.8. The van der Waals surface area contributed by atoms with Crippen LogP contribution in [-0.2, 0) is 14.3 Å². The topological polar surface area (TPSA) is 52.6 Å². The van der Waals surface area contributed by atoms with Crippen LogP contribution in [0.5, 0.6) is 5.75 Å². The molecule has 0 heterocycles. The Bertz CT molecular complexity index is 696. The minimum absolute atomic E-state index is 0.00674. The lowest BCUT2D eigenvalue weighted by Crippen LogP contribution is -2.08. The Kier molecular flexibility index (Phi) is 16.4. The molecule has 0 radical (unpaired) electrons. The van der Waals surface area contributed by atoms with Gasteiger partial charge in [-0.25, -0.2) is 9.59 Å². The van der Waals surface area contributed by atoms with Gasteiger partial charge < -0.3 is 9.47 Å². The van der Waals surface area contributed by atoms with Gasteiger partial charge in [0.05, 0.1) is 16.7 Å². The van der Waals surface area contributed by atoms with Gasteiger partial charge >= 0.3 is 11.9 Å². The molecule has 0 aliphatic carbocycles. The maximum atomic E-state index is 11.8. The highest BCUT2D eigenvalue weighted by Gasteiger charge is 2.12. The molecule has 1 aromatic rings. The number of hydrogen-bond donors (Lipinski definition) is 0. The van der Waals surface area contributed by atoms with E-state index in [9.17, 15) is 9.59 Å². The molecule has 0 bridgehead atoms. The highest BCUT2D eigenvalue weighted by Crippen LogP contribution is 2.35. The summed E-state index contributed by atoms with van der Waals surface area (Å²) in [6.45, 7) is 2.59. The van der Waals surface area contributed by atoms with Crippen LogP contribution in [0.3, 0.4) is 0 Å². The predicted octanol–water partition coefficient (Wildman–Crippen LogP) is 8.74. The smallest absolute Gasteiger partial charge is 0.336 e. The van der Waals surface area contributed by atoms with E-state index in [0.29, 0.717) is 11.6 Å². The number of rotatable bonds is 17. The van der Waals surface area contributed by atoms with Crippen molar-refractivity contribution in [2.24, 2.45) is 0 Å². The number of esters is 2. The van der Waals surface area contributed by atoms with Crippen molar-refractivity contribution in [3.63, 3.8) is 0 Å². The van der Waals surface area contributed by atoms with Crippen LogP contribution in [0.2, 0.25) is 15.1 Å². The zero-order chi connectivity index (χ0) is 23.6. The van der Waals surface area contributed by atoms with Crippen LogP contribution in [-0.4, -0.2) is 18.5 Å². The fourth-order valence-corrected chi connectivity index (χ4v) is 4.13. The molecular weight excluding hydrogens is 471 g/mol. The Morgan fingerprint density at radius 1 is 0.719 bits per heavy atom. The summed E-state index contributed by atoms with van der Waals surface area (Å²) in [5.41, 5.74) is 0. The Hall–Kier alpha value is -1.23. The molecular formula is C25H35Cl3O4. The molecule has 0 unspecified atom stereocenters. The van der Waals surface area contributed by atoms with Crippen LogP contribution < -0.4 is 4.74 Å². The second-order valence-corrected chi connectivity index (χ2v) is 9.11.